The van der Waals surface area contributed by atoms with Crippen molar-refractivity contribution in [1.29, 1.82) is 0 Å². The molecule has 1 unspecified atom stereocenters. The number of carbonyl (C=O) groups is 2. The fraction of sp³-hybridized carbons (Fsp3) is 0.103. The molecule has 5 nitrogen and oxygen atoms in total. The molecule has 0 heterocycles. The van der Waals surface area contributed by atoms with Crippen LogP contribution in [-0.4, -0.2) is 18.9 Å². The van der Waals surface area contributed by atoms with Crippen LogP contribution in [0, 0.1) is 6.92 Å². The van der Waals surface area contributed by atoms with E-state index in [0.717, 1.165) is 16.0 Å². The van der Waals surface area contributed by atoms with Gasteiger partial charge < -0.3 is 15.4 Å². The lowest BCUT2D eigenvalue weighted by atomic mass is 10.1. The number of benzene rings is 4. The van der Waals surface area contributed by atoms with E-state index in [1.54, 1.807) is 37.4 Å². The Kier molecular flexibility index (Phi) is 8.31. The van der Waals surface area contributed by atoms with Crippen molar-refractivity contribution in [2.75, 3.05) is 17.7 Å². The molecule has 2 N–H and O–H groups in total. The van der Waals surface area contributed by atoms with E-state index in [9.17, 15) is 9.59 Å². The molecule has 2 amide bonds. The van der Waals surface area contributed by atoms with E-state index in [-0.39, 0.29) is 11.8 Å². The molecule has 0 bridgehead atoms. The van der Waals surface area contributed by atoms with Crippen LogP contribution in [0.2, 0.25) is 5.02 Å². The van der Waals surface area contributed by atoms with Crippen LogP contribution in [0.25, 0.3) is 0 Å². The third-order valence-corrected chi connectivity index (χ3v) is 6.94. The van der Waals surface area contributed by atoms with Crippen molar-refractivity contribution >= 4 is 46.6 Å². The molecule has 0 aliphatic heterocycles. The molecular weight excluding hydrogens is 492 g/mol. The highest BCUT2D eigenvalue weighted by Gasteiger charge is 2.23. The monoisotopic (exact) mass is 516 g/mol. The number of carbonyl (C=O) groups excluding carboxylic acids is 2. The van der Waals surface area contributed by atoms with E-state index in [1.165, 1.54) is 11.8 Å². The van der Waals surface area contributed by atoms with Gasteiger partial charge in [-0.2, -0.15) is 0 Å². The number of thioether (sulfide) groups is 1. The number of nitrogens with one attached hydrogen (secondary N) is 2. The summed E-state index contributed by atoms with van der Waals surface area (Å²) in [6.45, 7) is 1.98. The quantitative estimate of drug-likeness (QED) is 0.240. The molecule has 0 fully saturated rings. The van der Waals surface area contributed by atoms with Gasteiger partial charge in [0.15, 0.2) is 0 Å². The summed E-state index contributed by atoms with van der Waals surface area (Å²) in [6, 6.07) is 29.5. The van der Waals surface area contributed by atoms with Crippen molar-refractivity contribution in [3.63, 3.8) is 0 Å². The molecule has 0 aliphatic rings. The molecule has 7 heteroatoms. The van der Waals surface area contributed by atoms with Crippen molar-refractivity contribution in [2.24, 2.45) is 0 Å². The minimum atomic E-state index is -0.525. The van der Waals surface area contributed by atoms with Gasteiger partial charge in [-0.1, -0.05) is 59.6 Å². The van der Waals surface area contributed by atoms with Crippen LogP contribution in [0.15, 0.2) is 102 Å². The molecule has 4 rings (SSSR count). The molecule has 4 aromatic carbocycles. The first-order chi connectivity index (χ1) is 17.4. The summed E-state index contributed by atoms with van der Waals surface area (Å²) in [5, 5.41) is 5.84. The molecule has 0 spiro atoms. The van der Waals surface area contributed by atoms with Gasteiger partial charge in [-0.25, -0.2) is 0 Å². The molecule has 182 valence electrons. The largest absolute Gasteiger partial charge is 0.495 e. The van der Waals surface area contributed by atoms with Gasteiger partial charge in [-0.15, -0.1) is 11.8 Å². The van der Waals surface area contributed by atoms with Crippen LogP contribution in [-0.2, 0) is 4.79 Å². The lowest BCUT2D eigenvalue weighted by molar-refractivity contribution is -0.115. The normalized spacial score (nSPS) is 11.4. The summed E-state index contributed by atoms with van der Waals surface area (Å²) < 4.78 is 5.37. The zero-order valence-corrected chi connectivity index (χ0v) is 21.4. The Labute approximate surface area is 219 Å². The van der Waals surface area contributed by atoms with Crippen LogP contribution in [0.4, 0.5) is 11.4 Å². The first-order valence-electron chi connectivity index (χ1n) is 11.3. The summed E-state index contributed by atoms with van der Waals surface area (Å²) in [6.07, 6.45) is 0. The first kappa shape index (κ1) is 25.4. The van der Waals surface area contributed by atoms with Gasteiger partial charge in [0.25, 0.3) is 5.91 Å². The maximum absolute atomic E-state index is 13.4. The number of methoxy groups -OCH3 is 1. The van der Waals surface area contributed by atoms with E-state index in [4.69, 9.17) is 16.3 Å². The molecule has 0 aliphatic carbocycles. The van der Waals surface area contributed by atoms with Crippen LogP contribution < -0.4 is 15.4 Å². The fourth-order valence-corrected chi connectivity index (χ4v) is 4.73. The zero-order chi connectivity index (χ0) is 25.5. The maximum atomic E-state index is 13.4. The molecule has 36 heavy (non-hydrogen) atoms. The summed E-state index contributed by atoms with van der Waals surface area (Å²) in [5.41, 5.74) is 3.73. The van der Waals surface area contributed by atoms with Crippen molar-refractivity contribution in [3.05, 3.63) is 119 Å². The summed E-state index contributed by atoms with van der Waals surface area (Å²) >= 11 is 7.55. The van der Waals surface area contributed by atoms with Crippen LogP contribution >= 0.6 is 23.4 Å². The van der Waals surface area contributed by atoms with E-state index >= 15 is 0 Å². The Morgan fingerprint density at radius 1 is 0.861 bits per heavy atom. The Morgan fingerprint density at radius 2 is 1.56 bits per heavy atom. The fourth-order valence-electron chi connectivity index (χ4n) is 3.54. The highest BCUT2D eigenvalue weighted by atomic mass is 35.5. The second kappa shape index (κ2) is 11.8. The summed E-state index contributed by atoms with van der Waals surface area (Å²) in [5.74, 6) is 0.147. The van der Waals surface area contributed by atoms with Gasteiger partial charge in [0.1, 0.15) is 11.0 Å². The lowest BCUT2D eigenvalue weighted by Gasteiger charge is -2.18. The van der Waals surface area contributed by atoms with Gasteiger partial charge in [0.05, 0.1) is 12.8 Å². The third-order valence-electron chi connectivity index (χ3n) is 5.44. The average Bonchev–Trinajstić information content (AvgIpc) is 2.89. The van der Waals surface area contributed by atoms with E-state index in [0.29, 0.717) is 27.7 Å². The van der Waals surface area contributed by atoms with Crippen LogP contribution in [0.3, 0.4) is 0 Å². The topological polar surface area (TPSA) is 67.4 Å². The maximum Gasteiger partial charge on any atom is 0.255 e. The van der Waals surface area contributed by atoms with E-state index in [1.807, 2.05) is 73.7 Å². The standard InChI is InChI=1S/C29H25ClN2O3S/c1-19-8-10-21(11-9-19)28(33)31-23-13-15-24(16-14-23)36-27(20-6-4-3-5-7-20)29(34)32-25-18-22(30)12-17-26(25)35-2/h3-18,27H,1-2H3,(H,31,33)(H,32,34). The molecule has 0 radical (unpaired) electrons. The highest BCUT2D eigenvalue weighted by molar-refractivity contribution is 8.00. The van der Waals surface area contributed by atoms with Crippen LogP contribution in [0.5, 0.6) is 5.75 Å². The van der Waals surface area contributed by atoms with Crippen LogP contribution in [0.1, 0.15) is 26.7 Å². The minimum Gasteiger partial charge on any atom is -0.495 e. The Morgan fingerprint density at radius 3 is 2.22 bits per heavy atom. The molecule has 0 saturated carbocycles. The summed E-state index contributed by atoms with van der Waals surface area (Å²) in [4.78, 5) is 26.8. The Bertz CT molecular complexity index is 1340. The van der Waals surface area contributed by atoms with Crippen molar-refractivity contribution in [1.82, 2.24) is 0 Å². The van der Waals surface area contributed by atoms with Crippen molar-refractivity contribution in [3.8, 4) is 5.75 Å². The number of hydrogen-bond acceptors (Lipinski definition) is 4. The SMILES string of the molecule is COc1ccc(Cl)cc1NC(=O)C(Sc1ccc(NC(=O)c2ccc(C)cc2)cc1)c1ccccc1. The van der Waals surface area contributed by atoms with Gasteiger partial charge >= 0.3 is 0 Å². The summed E-state index contributed by atoms with van der Waals surface area (Å²) in [7, 11) is 1.54. The third kappa shape index (κ3) is 6.47. The van der Waals surface area contributed by atoms with Crippen molar-refractivity contribution in [2.45, 2.75) is 17.1 Å². The van der Waals surface area contributed by atoms with Gasteiger partial charge in [0.2, 0.25) is 5.91 Å². The molecule has 0 aromatic heterocycles. The molecule has 0 saturated heterocycles. The smallest absolute Gasteiger partial charge is 0.255 e. The van der Waals surface area contributed by atoms with Gasteiger partial charge in [-0.3, -0.25) is 9.59 Å². The highest BCUT2D eigenvalue weighted by Crippen LogP contribution is 2.38. The Balaban J connectivity index is 1.51. The predicted octanol–water partition coefficient (Wildman–Crippen LogP) is 7.38. The van der Waals surface area contributed by atoms with Crippen molar-refractivity contribution < 1.29 is 14.3 Å². The number of amides is 2. The molecule has 4 aromatic rings. The molecule has 1 atom stereocenters. The first-order valence-corrected chi connectivity index (χ1v) is 12.5. The second-order valence-corrected chi connectivity index (χ2v) is 9.70. The van der Waals surface area contributed by atoms with E-state index < -0.39 is 5.25 Å². The number of rotatable bonds is 8. The van der Waals surface area contributed by atoms with Gasteiger partial charge in [-0.05, 0) is 67.1 Å². The minimum absolute atomic E-state index is 0.174. The zero-order valence-electron chi connectivity index (χ0n) is 19.8. The molecular formula is C29H25ClN2O3S. The number of anilines is 2. The number of aryl methyl sites for hydroxylation is 1. The van der Waals surface area contributed by atoms with E-state index in [2.05, 4.69) is 10.6 Å². The van der Waals surface area contributed by atoms with Gasteiger partial charge in [0, 0.05) is 21.2 Å². The number of halogens is 1. The second-order valence-electron chi connectivity index (χ2n) is 8.09. The predicted molar refractivity (Wildman–Crippen MR) is 147 cm³/mol. The lowest BCUT2D eigenvalue weighted by Crippen LogP contribution is -2.19. The number of hydrogen-bond donors (Lipinski definition) is 2. The number of ether oxygens (including phenoxy) is 1. The Hall–Kier alpha value is -3.74. The average molecular weight is 517 g/mol.